The van der Waals surface area contributed by atoms with Gasteiger partial charge in [0, 0.05) is 12.6 Å². The van der Waals surface area contributed by atoms with Crippen molar-refractivity contribution in [3.05, 3.63) is 17.8 Å². The van der Waals surface area contributed by atoms with E-state index in [1.807, 2.05) is 6.92 Å². The Labute approximate surface area is 65.4 Å². The van der Waals surface area contributed by atoms with Crippen molar-refractivity contribution in [3.8, 4) is 5.88 Å². The van der Waals surface area contributed by atoms with Gasteiger partial charge in [0.2, 0.25) is 5.88 Å². The van der Waals surface area contributed by atoms with Crippen LogP contribution in [0.5, 0.6) is 5.88 Å². The zero-order valence-corrected chi connectivity index (χ0v) is 6.45. The van der Waals surface area contributed by atoms with E-state index in [0.717, 1.165) is 5.69 Å². The number of ether oxygens (including phenoxy) is 1. The Balaban J connectivity index is 2.66. The molecule has 2 N–H and O–H groups in total. The Kier molecular flexibility index (Phi) is 2.80. The highest BCUT2D eigenvalue weighted by Gasteiger charge is 1.94. The fraction of sp³-hybridized carbons (Fsp3) is 0.429. The normalized spacial score (nSPS) is 9.64. The fourth-order valence-electron chi connectivity index (χ4n) is 0.681. The van der Waals surface area contributed by atoms with Crippen LogP contribution < -0.4 is 10.5 Å². The number of nitrogens with zero attached hydrogens (tertiary/aromatic N) is 2. The van der Waals surface area contributed by atoms with E-state index in [2.05, 4.69) is 10.2 Å². The maximum Gasteiger partial charge on any atom is 0.233 e. The minimum Gasteiger partial charge on any atom is -0.477 e. The summed E-state index contributed by atoms with van der Waals surface area (Å²) in [6, 6.07) is 3.57. The second-order valence-corrected chi connectivity index (χ2v) is 2.00. The SMILES string of the molecule is CCOc1ccc(CN)nn1. The quantitative estimate of drug-likeness (QED) is 0.680. The maximum absolute atomic E-state index is 5.33. The molecule has 0 amide bonds. The van der Waals surface area contributed by atoms with Gasteiger partial charge in [-0.1, -0.05) is 0 Å². The molecule has 4 heteroatoms. The van der Waals surface area contributed by atoms with E-state index in [1.54, 1.807) is 12.1 Å². The highest BCUT2D eigenvalue weighted by molar-refractivity contribution is 5.10. The topological polar surface area (TPSA) is 61.0 Å². The molecule has 0 aromatic carbocycles. The molecule has 0 aliphatic carbocycles. The van der Waals surface area contributed by atoms with Crippen LogP contribution in [0.4, 0.5) is 0 Å². The Morgan fingerprint density at radius 1 is 1.45 bits per heavy atom. The highest BCUT2D eigenvalue weighted by Crippen LogP contribution is 2.03. The summed E-state index contributed by atoms with van der Waals surface area (Å²) >= 11 is 0. The van der Waals surface area contributed by atoms with Gasteiger partial charge in [-0.3, -0.25) is 0 Å². The van der Waals surface area contributed by atoms with Gasteiger partial charge >= 0.3 is 0 Å². The van der Waals surface area contributed by atoms with E-state index in [1.165, 1.54) is 0 Å². The molecule has 1 aromatic rings. The zero-order chi connectivity index (χ0) is 8.10. The molecule has 60 valence electrons. The summed E-state index contributed by atoms with van der Waals surface area (Å²) in [7, 11) is 0. The summed E-state index contributed by atoms with van der Waals surface area (Å²) in [6.45, 7) is 2.93. The second kappa shape index (κ2) is 3.88. The van der Waals surface area contributed by atoms with Gasteiger partial charge in [0.15, 0.2) is 0 Å². The molecule has 0 radical (unpaired) electrons. The van der Waals surface area contributed by atoms with Gasteiger partial charge in [0.1, 0.15) is 0 Å². The molecule has 0 aliphatic rings. The van der Waals surface area contributed by atoms with Crippen molar-refractivity contribution in [2.45, 2.75) is 13.5 Å². The van der Waals surface area contributed by atoms with Crippen molar-refractivity contribution in [1.82, 2.24) is 10.2 Å². The molecule has 1 heterocycles. The lowest BCUT2D eigenvalue weighted by Crippen LogP contribution is -2.02. The maximum atomic E-state index is 5.33. The first-order valence-electron chi connectivity index (χ1n) is 3.52. The molecule has 1 rings (SSSR count). The summed E-state index contributed by atoms with van der Waals surface area (Å²) in [5.74, 6) is 0.546. The molecule has 1 aromatic heterocycles. The molecule has 0 saturated heterocycles. The standard InChI is InChI=1S/C7H11N3O/c1-2-11-7-4-3-6(5-8)9-10-7/h3-4H,2,5,8H2,1H3. The van der Waals surface area contributed by atoms with Gasteiger partial charge in [0.25, 0.3) is 0 Å². The average molecular weight is 153 g/mol. The van der Waals surface area contributed by atoms with Crippen LogP contribution in [0.3, 0.4) is 0 Å². The summed E-state index contributed by atoms with van der Waals surface area (Å²) in [6.07, 6.45) is 0. The Hall–Kier alpha value is -1.16. The Morgan fingerprint density at radius 2 is 2.27 bits per heavy atom. The molecule has 0 aliphatic heterocycles. The predicted molar refractivity (Wildman–Crippen MR) is 41.1 cm³/mol. The molecular formula is C7H11N3O. The third-order valence-electron chi connectivity index (χ3n) is 1.20. The monoisotopic (exact) mass is 153 g/mol. The lowest BCUT2D eigenvalue weighted by molar-refractivity contribution is 0.322. The number of rotatable bonds is 3. The average Bonchev–Trinajstić information content (AvgIpc) is 2.07. The predicted octanol–water partition coefficient (Wildman–Crippen LogP) is 0.334. The van der Waals surface area contributed by atoms with E-state index in [4.69, 9.17) is 10.5 Å². The molecule has 11 heavy (non-hydrogen) atoms. The van der Waals surface area contributed by atoms with Crippen molar-refractivity contribution >= 4 is 0 Å². The third-order valence-corrected chi connectivity index (χ3v) is 1.20. The smallest absolute Gasteiger partial charge is 0.233 e. The van der Waals surface area contributed by atoms with Gasteiger partial charge in [0.05, 0.1) is 12.3 Å². The third kappa shape index (κ3) is 2.16. The summed E-state index contributed by atoms with van der Waals surface area (Å²) in [5.41, 5.74) is 6.10. The minimum atomic E-state index is 0.416. The Morgan fingerprint density at radius 3 is 2.73 bits per heavy atom. The number of hydrogen-bond donors (Lipinski definition) is 1. The van der Waals surface area contributed by atoms with E-state index < -0.39 is 0 Å². The van der Waals surface area contributed by atoms with Crippen LogP contribution in [0.15, 0.2) is 12.1 Å². The van der Waals surface area contributed by atoms with Crippen molar-refractivity contribution in [2.24, 2.45) is 5.73 Å². The van der Waals surface area contributed by atoms with E-state index >= 15 is 0 Å². The van der Waals surface area contributed by atoms with Gasteiger partial charge in [-0.2, -0.15) is 5.10 Å². The largest absolute Gasteiger partial charge is 0.477 e. The number of hydrogen-bond acceptors (Lipinski definition) is 4. The van der Waals surface area contributed by atoms with Crippen LogP contribution in [0.25, 0.3) is 0 Å². The van der Waals surface area contributed by atoms with Gasteiger partial charge in [-0.15, -0.1) is 5.10 Å². The van der Waals surface area contributed by atoms with Crippen molar-refractivity contribution < 1.29 is 4.74 Å². The first-order chi connectivity index (χ1) is 5.36. The van der Waals surface area contributed by atoms with Crippen LogP contribution >= 0.6 is 0 Å². The van der Waals surface area contributed by atoms with Crippen molar-refractivity contribution in [3.63, 3.8) is 0 Å². The van der Waals surface area contributed by atoms with Crippen molar-refractivity contribution in [2.75, 3.05) is 6.61 Å². The Bertz CT molecular complexity index is 209. The van der Waals surface area contributed by atoms with Gasteiger partial charge in [-0.25, -0.2) is 0 Å². The molecule has 0 spiro atoms. The summed E-state index contributed by atoms with van der Waals surface area (Å²) in [5, 5.41) is 7.60. The van der Waals surface area contributed by atoms with Crippen molar-refractivity contribution in [1.29, 1.82) is 0 Å². The number of aromatic nitrogens is 2. The highest BCUT2D eigenvalue weighted by atomic mass is 16.5. The minimum absolute atomic E-state index is 0.416. The van der Waals surface area contributed by atoms with Gasteiger partial charge < -0.3 is 10.5 Å². The van der Waals surface area contributed by atoms with Crippen LogP contribution in [-0.4, -0.2) is 16.8 Å². The summed E-state index contributed by atoms with van der Waals surface area (Å²) in [4.78, 5) is 0. The lowest BCUT2D eigenvalue weighted by Gasteiger charge is -1.99. The molecule has 0 unspecified atom stereocenters. The van der Waals surface area contributed by atoms with Crippen LogP contribution in [0.1, 0.15) is 12.6 Å². The van der Waals surface area contributed by atoms with Crippen LogP contribution in [-0.2, 0) is 6.54 Å². The zero-order valence-electron chi connectivity index (χ0n) is 6.45. The summed E-state index contributed by atoms with van der Waals surface area (Å²) < 4.78 is 5.09. The van der Waals surface area contributed by atoms with E-state index in [-0.39, 0.29) is 0 Å². The second-order valence-electron chi connectivity index (χ2n) is 2.00. The first kappa shape index (κ1) is 7.94. The van der Waals surface area contributed by atoms with Crippen LogP contribution in [0.2, 0.25) is 0 Å². The number of nitrogens with two attached hydrogens (primary N) is 1. The molecule has 0 saturated carbocycles. The fourth-order valence-corrected chi connectivity index (χ4v) is 0.681. The molecule has 0 fully saturated rings. The van der Waals surface area contributed by atoms with Crippen LogP contribution in [0, 0.1) is 0 Å². The molecule has 0 bridgehead atoms. The first-order valence-corrected chi connectivity index (χ1v) is 3.52. The van der Waals surface area contributed by atoms with E-state index in [9.17, 15) is 0 Å². The molecule has 0 atom stereocenters. The van der Waals surface area contributed by atoms with E-state index in [0.29, 0.717) is 19.0 Å². The van der Waals surface area contributed by atoms with Gasteiger partial charge in [-0.05, 0) is 13.0 Å². The molecular weight excluding hydrogens is 142 g/mol. The molecule has 4 nitrogen and oxygen atoms in total. The lowest BCUT2D eigenvalue weighted by atomic mass is 10.4.